The first-order chi connectivity index (χ1) is 17.5. The van der Waals surface area contributed by atoms with Gasteiger partial charge in [-0.15, -0.1) is 0 Å². The molecule has 0 aliphatic carbocycles. The smallest absolute Gasteiger partial charge is 0.243 e. The minimum Gasteiger partial charge on any atom is -0.301 e. The molecule has 1 N–H and O–H groups in total. The van der Waals surface area contributed by atoms with Gasteiger partial charge in [0.1, 0.15) is 11.6 Å². The van der Waals surface area contributed by atoms with Gasteiger partial charge in [-0.25, -0.2) is 22.2 Å². The number of sulfonamides is 1. The lowest BCUT2D eigenvalue weighted by molar-refractivity contribution is -0.118. The fourth-order valence-corrected chi connectivity index (χ4v) is 8.23. The molecule has 0 radical (unpaired) electrons. The van der Waals surface area contributed by atoms with Crippen molar-refractivity contribution in [3.63, 3.8) is 0 Å². The summed E-state index contributed by atoms with van der Waals surface area (Å²) in [5.41, 5.74) is -0.118. The Labute approximate surface area is 219 Å². The van der Waals surface area contributed by atoms with E-state index in [1.54, 1.807) is 10.4 Å². The summed E-state index contributed by atoms with van der Waals surface area (Å²) in [7, 11) is -3.86. The first kappa shape index (κ1) is 26.1. The maximum atomic E-state index is 13.8. The van der Waals surface area contributed by atoms with Crippen LogP contribution in [0.1, 0.15) is 39.5 Å². The highest BCUT2D eigenvalue weighted by atomic mass is 32.2. The van der Waals surface area contributed by atoms with Crippen LogP contribution in [0.15, 0.2) is 47.4 Å². The summed E-state index contributed by atoms with van der Waals surface area (Å²) in [5, 5.41) is 3.25. The average molecular weight is 549 g/mol. The molecule has 2 aromatic carbocycles. The van der Waals surface area contributed by atoms with Crippen molar-refractivity contribution >= 4 is 42.6 Å². The highest BCUT2D eigenvalue weighted by molar-refractivity contribution is 7.89. The second-order valence-electron chi connectivity index (χ2n) is 10.7. The molecule has 1 spiro atoms. The van der Waals surface area contributed by atoms with Gasteiger partial charge in [-0.2, -0.15) is 4.31 Å². The third-order valence-corrected chi connectivity index (χ3v) is 10.7. The topological polar surface area (TPSA) is 82.6 Å². The molecule has 1 aromatic heterocycles. The van der Waals surface area contributed by atoms with Gasteiger partial charge < -0.3 is 5.32 Å². The zero-order valence-corrected chi connectivity index (χ0v) is 22.5. The summed E-state index contributed by atoms with van der Waals surface area (Å²) in [6.45, 7) is 5.77. The van der Waals surface area contributed by atoms with Crippen molar-refractivity contribution in [2.24, 2.45) is 5.41 Å². The van der Waals surface area contributed by atoms with Gasteiger partial charge in [-0.05, 0) is 94.4 Å². The van der Waals surface area contributed by atoms with Gasteiger partial charge in [0, 0.05) is 12.1 Å². The van der Waals surface area contributed by atoms with Crippen LogP contribution in [0.25, 0.3) is 10.2 Å². The van der Waals surface area contributed by atoms with E-state index in [0.717, 1.165) is 25.3 Å². The molecule has 3 heterocycles. The Bertz CT molecular complexity index is 1430. The maximum Gasteiger partial charge on any atom is 0.243 e. The largest absolute Gasteiger partial charge is 0.301 e. The Morgan fingerprint density at radius 3 is 2.51 bits per heavy atom. The molecule has 1 amide bonds. The van der Waals surface area contributed by atoms with Gasteiger partial charge in [0.25, 0.3) is 0 Å². The number of piperidine rings is 2. The number of anilines is 1. The van der Waals surface area contributed by atoms with Crippen LogP contribution in [0.3, 0.4) is 0 Å². The van der Waals surface area contributed by atoms with E-state index in [0.29, 0.717) is 41.4 Å². The van der Waals surface area contributed by atoms with E-state index < -0.39 is 21.4 Å². The Morgan fingerprint density at radius 2 is 1.78 bits per heavy atom. The molecule has 37 heavy (non-hydrogen) atoms. The van der Waals surface area contributed by atoms with Crippen LogP contribution in [0, 0.1) is 17.0 Å². The monoisotopic (exact) mass is 548 g/mol. The van der Waals surface area contributed by atoms with E-state index in [4.69, 9.17) is 0 Å². The van der Waals surface area contributed by atoms with Crippen LogP contribution in [0.4, 0.5) is 13.9 Å². The Kier molecular flexibility index (Phi) is 6.84. The molecule has 2 saturated heterocycles. The summed E-state index contributed by atoms with van der Waals surface area (Å²) < 4.78 is 56.5. The Hall–Kier alpha value is -2.47. The highest BCUT2D eigenvalue weighted by Gasteiger charge is 2.49. The SMILES string of the molecule is CC1(C)CCC2(CCN(CC(=O)Nc3nc4ccc(F)cc4s3)CC2)CN1S(=O)(=O)c1cccc(F)c1. The third kappa shape index (κ3) is 5.41. The molecule has 0 unspecified atom stereocenters. The van der Waals surface area contributed by atoms with Gasteiger partial charge in [0.05, 0.1) is 21.7 Å². The van der Waals surface area contributed by atoms with Gasteiger partial charge >= 0.3 is 0 Å². The van der Waals surface area contributed by atoms with Gasteiger partial charge in [-0.1, -0.05) is 17.4 Å². The molecule has 2 aliphatic heterocycles. The summed E-state index contributed by atoms with van der Waals surface area (Å²) >= 11 is 1.23. The lowest BCUT2D eigenvalue weighted by Crippen LogP contribution is -2.59. The fraction of sp³-hybridized carbons (Fsp3) is 0.462. The lowest BCUT2D eigenvalue weighted by Gasteiger charge is -2.53. The van der Waals surface area contributed by atoms with Crippen LogP contribution in [0.2, 0.25) is 0 Å². The van der Waals surface area contributed by atoms with Crippen LogP contribution >= 0.6 is 11.3 Å². The predicted molar refractivity (Wildman–Crippen MR) is 140 cm³/mol. The molecule has 0 bridgehead atoms. The number of nitrogens with zero attached hydrogens (tertiary/aromatic N) is 3. The number of thiazole rings is 1. The molecular formula is C26H30F2N4O3S2. The molecule has 5 rings (SSSR count). The van der Waals surface area contributed by atoms with Gasteiger partial charge in [0.2, 0.25) is 15.9 Å². The van der Waals surface area contributed by atoms with Gasteiger partial charge in [0.15, 0.2) is 5.13 Å². The lowest BCUT2D eigenvalue weighted by atomic mass is 9.69. The number of rotatable bonds is 5. The number of carbonyl (C=O) groups is 1. The van der Waals surface area contributed by atoms with Crippen LogP contribution in [-0.4, -0.2) is 60.2 Å². The van der Waals surface area contributed by atoms with E-state index in [1.807, 2.05) is 13.8 Å². The summed E-state index contributed by atoms with van der Waals surface area (Å²) in [6.07, 6.45) is 3.15. The summed E-state index contributed by atoms with van der Waals surface area (Å²) in [6, 6.07) is 9.51. The normalized spacial score (nSPS) is 20.3. The molecule has 0 saturated carbocycles. The van der Waals surface area contributed by atoms with Crippen molar-refractivity contribution in [2.75, 3.05) is 31.5 Å². The van der Waals surface area contributed by atoms with Crippen LogP contribution < -0.4 is 5.32 Å². The molecule has 11 heteroatoms. The van der Waals surface area contributed by atoms with Crippen molar-refractivity contribution in [1.29, 1.82) is 0 Å². The number of carbonyl (C=O) groups excluding carboxylic acids is 1. The van der Waals surface area contributed by atoms with E-state index in [2.05, 4.69) is 15.2 Å². The molecule has 2 fully saturated rings. The minimum atomic E-state index is -3.86. The zero-order chi connectivity index (χ0) is 26.4. The predicted octanol–water partition coefficient (Wildman–Crippen LogP) is 4.86. The average Bonchev–Trinajstić information content (AvgIpc) is 3.23. The Morgan fingerprint density at radius 1 is 1.05 bits per heavy atom. The molecular weight excluding hydrogens is 518 g/mol. The number of hydrogen-bond donors (Lipinski definition) is 1. The minimum absolute atomic E-state index is 0.0238. The van der Waals surface area contributed by atoms with Crippen molar-refractivity contribution in [1.82, 2.24) is 14.2 Å². The second kappa shape index (κ2) is 9.68. The number of aromatic nitrogens is 1. The summed E-state index contributed by atoms with van der Waals surface area (Å²) in [5.74, 6) is -1.10. The maximum absolute atomic E-state index is 13.8. The molecule has 7 nitrogen and oxygen atoms in total. The third-order valence-electron chi connectivity index (χ3n) is 7.69. The number of benzene rings is 2. The summed E-state index contributed by atoms with van der Waals surface area (Å²) in [4.78, 5) is 19.1. The first-order valence-electron chi connectivity index (χ1n) is 12.3. The standard InChI is InChI=1S/C26H30F2N4O3S2/c1-25(2)8-9-26(17-32(25)37(34,35)20-5-3-4-18(27)14-20)10-12-31(13-11-26)16-23(33)30-24-29-21-7-6-19(28)15-22(21)36-24/h3-7,14-15H,8-13,16-17H2,1-2H3,(H,29,30,33). The van der Waals surface area contributed by atoms with Crippen LogP contribution in [0.5, 0.6) is 0 Å². The second-order valence-corrected chi connectivity index (χ2v) is 13.6. The van der Waals surface area contributed by atoms with Crippen molar-refractivity contribution < 1.29 is 22.0 Å². The molecule has 198 valence electrons. The van der Waals surface area contributed by atoms with Crippen LogP contribution in [-0.2, 0) is 14.8 Å². The van der Waals surface area contributed by atoms with E-state index >= 15 is 0 Å². The molecule has 0 atom stereocenters. The van der Waals surface area contributed by atoms with E-state index in [9.17, 15) is 22.0 Å². The number of hydrogen-bond acceptors (Lipinski definition) is 6. The number of fused-ring (bicyclic) bond motifs is 1. The highest BCUT2D eigenvalue weighted by Crippen LogP contribution is 2.46. The number of likely N-dealkylation sites (tertiary alicyclic amines) is 1. The first-order valence-corrected chi connectivity index (χ1v) is 14.6. The van der Waals surface area contributed by atoms with Crippen molar-refractivity contribution in [3.05, 3.63) is 54.1 Å². The molecule has 2 aliphatic rings. The number of amides is 1. The van der Waals surface area contributed by atoms with Crippen molar-refractivity contribution in [2.45, 2.75) is 50.0 Å². The molecule has 3 aromatic rings. The quantitative estimate of drug-likeness (QED) is 0.493. The van der Waals surface area contributed by atoms with E-state index in [1.165, 1.54) is 41.7 Å². The Balaban J connectivity index is 1.22. The number of halogens is 2. The van der Waals surface area contributed by atoms with Gasteiger partial charge in [-0.3, -0.25) is 9.69 Å². The van der Waals surface area contributed by atoms with Crippen molar-refractivity contribution in [3.8, 4) is 0 Å². The fourth-order valence-electron chi connectivity index (χ4n) is 5.37. The number of nitrogens with one attached hydrogen (secondary N) is 1. The zero-order valence-electron chi connectivity index (χ0n) is 20.8. The van der Waals surface area contributed by atoms with E-state index in [-0.39, 0.29) is 28.6 Å².